The average Bonchev–Trinajstić information content (AvgIpc) is 3.16. The predicted molar refractivity (Wildman–Crippen MR) is 98.0 cm³/mol. The van der Waals surface area contributed by atoms with E-state index < -0.39 is 0 Å². The van der Waals surface area contributed by atoms with Gasteiger partial charge in [-0.3, -0.25) is 4.79 Å². The third-order valence-electron chi connectivity index (χ3n) is 5.68. The van der Waals surface area contributed by atoms with Crippen molar-refractivity contribution < 1.29 is 14.3 Å². The number of ether oxygens (including phenoxy) is 2. The number of piperidine rings is 1. The van der Waals surface area contributed by atoms with E-state index in [9.17, 15) is 4.79 Å². The molecule has 1 aromatic heterocycles. The summed E-state index contributed by atoms with van der Waals surface area (Å²) < 4.78 is 11.5. The van der Waals surface area contributed by atoms with E-state index in [1.165, 1.54) is 0 Å². The second-order valence-electron chi connectivity index (χ2n) is 7.26. The van der Waals surface area contributed by atoms with E-state index in [0.29, 0.717) is 19.6 Å². The lowest BCUT2D eigenvalue weighted by Crippen LogP contribution is -2.50. The van der Waals surface area contributed by atoms with Crippen molar-refractivity contribution in [2.24, 2.45) is 0 Å². The Labute approximate surface area is 154 Å². The van der Waals surface area contributed by atoms with Gasteiger partial charge in [-0.1, -0.05) is 6.07 Å². The van der Waals surface area contributed by atoms with Crippen LogP contribution in [-0.2, 0) is 14.3 Å². The molecule has 0 saturated carbocycles. The number of aromatic nitrogens is 1. The normalized spacial score (nSPS) is 23.5. The lowest BCUT2D eigenvalue weighted by atomic mass is 10.0. The summed E-state index contributed by atoms with van der Waals surface area (Å²) in [5, 5.41) is 0. The summed E-state index contributed by atoms with van der Waals surface area (Å²) in [7, 11) is 0. The van der Waals surface area contributed by atoms with Gasteiger partial charge in [-0.05, 0) is 12.1 Å². The molecule has 4 heterocycles. The quantitative estimate of drug-likeness (QED) is 0.797. The largest absolute Gasteiger partial charge is 0.353 e. The number of carbonyl (C=O) groups excluding carboxylic acids is 1. The molecule has 4 rings (SSSR count). The molecule has 3 aliphatic heterocycles. The van der Waals surface area contributed by atoms with Crippen LogP contribution in [0.1, 0.15) is 19.3 Å². The summed E-state index contributed by atoms with van der Waals surface area (Å²) in [4.78, 5) is 23.5. The zero-order valence-electron chi connectivity index (χ0n) is 15.3. The molecular weight excluding hydrogens is 332 g/mol. The maximum absolute atomic E-state index is 12.5. The fraction of sp³-hybridized carbons (Fsp3) is 0.684. The van der Waals surface area contributed by atoms with Crippen molar-refractivity contribution in [1.29, 1.82) is 0 Å². The van der Waals surface area contributed by atoms with Crippen LogP contribution in [0, 0.1) is 0 Å². The average molecular weight is 360 g/mol. The molecule has 142 valence electrons. The number of nitrogens with zero attached hydrogens (tertiary/aromatic N) is 4. The Bertz CT molecular complexity index is 588. The Morgan fingerprint density at radius 1 is 1.04 bits per heavy atom. The van der Waals surface area contributed by atoms with Gasteiger partial charge in [-0.15, -0.1) is 0 Å². The molecule has 1 amide bonds. The highest BCUT2D eigenvalue weighted by Crippen LogP contribution is 2.31. The molecule has 26 heavy (non-hydrogen) atoms. The number of pyridine rings is 1. The summed E-state index contributed by atoms with van der Waals surface area (Å²) in [6, 6.07) is 5.96. The molecule has 0 atom stereocenters. The van der Waals surface area contributed by atoms with E-state index in [2.05, 4.69) is 14.8 Å². The van der Waals surface area contributed by atoms with Crippen LogP contribution in [0.3, 0.4) is 0 Å². The van der Waals surface area contributed by atoms with Gasteiger partial charge in [0.15, 0.2) is 5.79 Å². The summed E-state index contributed by atoms with van der Waals surface area (Å²) in [5.74, 6) is 0.931. The number of hydrogen-bond donors (Lipinski definition) is 0. The van der Waals surface area contributed by atoms with Gasteiger partial charge in [-0.2, -0.15) is 0 Å². The van der Waals surface area contributed by atoms with Crippen LogP contribution in [0.2, 0.25) is 0 Å². The molecule has 7 nitrogen and oxygen atoms in total. The molecule has 0 bridgehead atoms. The standard InChI is InChI=1S/C19H28N4O3/c24-18(4-8-21-9-5-19(6-10-21)25-15-16-26-19)23-13-11-22(12-14-23)17-3-1-2-7-20-17/h1-3,7H,4-6,8-16H2. The Kier molecular flexibility index (Phi) is 5.38. The van der Waals surface area contributed by atoms with Gasteiger partial charge < -0.3 is 24.2 Å². The van der Waals surface area contributed by atoms with Gasteiger partial charge >= 0.3 is 0 Å². The molecular formula is C19H28N4O3. The SMILES string of the molecule is O=C(CCN1CCC2(CC1)OCCO2)N1CCN(c2ccccn2)CC1. The molecule has 0 radical (unpaired) electrons. The first-order valence-electron chi connectivity index (χ1n) is 9.68. The highest BCUT2D eigenvalue weighted by molar-refractivity contribution is 5.76. The van der Waals surface area contributed by atoms with Crippen LogP contribution in [0.25, 0.3) is 0 Å². The van der Waals surface area contributed by atoms with Crippen LogP contribution in [0.4, 0.5) is 5.82 Å². The summed E-state index contributed by atoms with van der Waals surface area (Å²) >= 11 is 0. The van der Waals surface area contributed by atoms with Gasteiger partial charge in [0.1, 0.15) is 5.82 Å². The van der Waals surface area contributed by atoms with Gasteiger partial charge in [0.25, 0.3) is 0 Å². The van der Waals surface area contributed by atoms with Crippen molar-refractivity contribution in [2.75, 3.05) is 63.9 Å². The minimum absolute atomic E-state index is 0.263. The van der Waals surface area contributed by atoms with Gasteiger partial charge in [0, 0.05) is 71.3 Å². The van der Waals surface area contributed by atoms with E-state index in [-0.39, 0.29) is 11.7 Å². The highest BCUT2D eigenvalue weighted by Gasteiger charge is 2.39. The van der Waals surface area contributed by atoms with Crippen LogP contribution >= 0.6 is 0 Å². The first kappa shape index (κ1) is 17.7. The number of rotatable bonds is 4. The van der Waals surface area contributed by atoms with Crippen molar-refractivity contribution in [1.82, 2.24) is 14.8 Å². The number of hydrogen-bond acceptors (Lipinski definition) is 6. The first-order chi connectivity index (χ1) is 12.7. The first-order valence-corrected chi connectivity index (χ1v) is 9.68. The third-order valence-corrected chi connectivity index (χ3v) is 5.68. The fourth-order valence-electron chi connectivity index (χ4n) is 4.04. The minimum Gasteiger partial charge on any atom is -0.353 e. The van der Waals surface area contributed by atoms with E-state index in [1.807, 2.05) is 29.3 Å². The molecule has 3 saturated heterocycles. The third kappa shape index (κ3) is 4.00. The number of amides is 1. The number of carbonyl (C=O) groups is 1. The highest BCUT2D eigenvalue weighted by atomic mass is 16.7. The van der Waals surface area contributed by atoms with Crippen molar-refractivity contribution in [3.8, 4) is 0 Å². The topological polar surface area (TPSA) is 58.1 Å². The summed E-state index contributed by atoms with van der Waals surface area (Å²) in [6.07, 6.45) is 4.23. The molecule has 7 heteroatoms. The van der Waals surface area contributed by atoms with Gasteiger partial charge in [0.2, 0.25) is 5.91 Å². The smallest absolute Gasteiger partial charge is 0.223 e. The molecule has 0 aliphatic carbocycles. The fourth-order valence-corrected chi connectivity index (χ4v) is 4.04. The van der Waals surface area contributed by atoms with Crippen LogP contribution < -0.4 is 4.90 Å². The second kappa shape index (κ2) is 7.90. The number of likely N-dealkylation sites (tertiary alicyclic amines) is 1. The molecule has 0 N–H and O–H groups in total. The zero-order chi connectivity index (χ0) is 17.8. The molecule has 1 spiro atoms. The maximum Gasteiger partial charge on any atom is 0.223 e. The van der Waals surface area contributed by atoms with Crippen LogP contribution in [-0.4, -0.2) is 85.5 Å². The second-order valence-corrected chi connectivity index (χ2v) is 7.26. The predicted octanol–water partition coefficient (Wildman–Crippen LogP) is 0.959. The molecule has 3 fully saturated rings. The molecule has 0 aromatic carbocycles. The Morgan fingerprint density at radius 3 is 2.42 bits per heavy atom. The summed E-state index contributed by atoms with van der Waals surface area (Å²) in [6.45, 7) is 7.40. The lowest BCUT2D eigenvalue weighted by Gasteiger charge is -2.38. The molecule has 3 aliphatic rings. The van der Waals surface area contributed by atoms with Gasteiger partial charge in [-0.25, -0.2) is 4.98 Å². The molecule has 1 aromatic rings. The monoisotopic (exact) mass is 360 g/mol. The van der Waals surface area contributed by atoms with Crippen LogP contribution in [0.5, 0.6) is 0 Å². The van der Waals surface area contributed by atoms with Crippen LogP contribution in [0.15, 0.2) is 24.4 Å². The lowest BCUT2D eigenvalue weighted by molar-refractivity contribution is -0.185. The van der Waals surface area contributed by atoms with Crippen molar-refractivity contribution in [2.45, 2.75) is 25.0 Å². The zero-order valence-corrected chi connectivity index (χ0v) is 15.3. The van der Waals surface area contributed by atoms with E-state index >= 15 is 0 Å². The number of anilines is 1. The molecule has 0 unspecified atom stereocenters. The van der Waals surface area contributed by atoms with E-state index in [1.54, 1.807) is 0 Å². The Balaban J connectivity index is 1.18. The van der Waals surface area contributed by atoms with E-state index in [0.717, 1.165) is 64.5 Å². The summed E-state index contributed by atoms with van der Waals surface area (Å²) in [5.41, 5.74) is 0. The van der Waals surface area contributed by atoms with Crippen molar-refractivity contribution in [3.63, 3.8) is 0 Å². The van der Waals surface area contributed by atoms with Gasteiger partial charge in [0.05, 0.1) is 13.2 Å². The Hall–Kier alpha value is -1.70. The Morgan fingerprint density at radius 2 is 1.77 bits per heavy atom. The van der Waals surface area contributed by atoms with Crippen molar-refractivity contribution in [3.05, 3.63) is 24.4 Å². The van der Waals surface area contributed by atoms with E-state index in [4.69, 9.17) is 9.47 Å². The number of piperazine rings is 1. The minimum atomic E-state index is -0.331. The maximum atomic E-state index is 12.5. The van der Waals surface area contributed by atoms with Crippen molar-refractivity contribution >= 4 is 11.7 Å².